The molecule has 0 spiro atoms. The van der Waals surface area contributed by atoms with Crippen molar-refractivity contribution >= 4 is 0 Å². The highest BCUT2D eigenvalue weighted by Gasteiger charge is 2.16. The molecule has 0 saturated heterocycles. The third-order valence-corrected chi connectivity index (χ3v) is 6.10. The topological polar surface area (TPSA) is 23.8 Å². The van der Waals surface area contributed by atoms with Crippen LogP contribution in [0.1, 0.15) is 80.0 Å². The predicted molar refractivity (Wildman–Crippen MR) is 123 cm³/mol. The van der Waals surface area contributed by atoms with Gasteiger partial charge >= 0.3 is 0 Å². The van der Waals surface area contributed by atoms with Crippen LogP contribution in [-0.2, 0) is 12.8 Å². The maximum Gasteiger partial charge on any atom is 0.0991 e. The molecule has 0 N–H and O–H groups in total. The molecule has 150 valence electrons. The minimum atomic E-state index is 0.689. The van der Waals surface area contributed by atoms with E-state index >= 15 is 0 Å². The highest BCUT2D eigenvalue weighted by atomic mass is 14.2. The number of hydrogen-bond acceptors (Lipinski definition) is 1. The van der Waals surface area contributed by atoms with Crippen molar-refractivity contribution in [2.75, 3.05) is 0 Å². The van der Waals surface area contributed by atoms with Gasteiger partial charge in [-0.1, -0.05) is 60.2 Å². The Bertz CT molecular complexity index is 847. The fourth-order valence-electron chi connectivity index (χ4n) is 4.19. The molecule has 3 rings (SSSR count). The zero-order chi connectivity index (χ0) is 20.3. The highest BCUT2D eigenvalue weighted by Crippen LogP contribution is 2.34. The third-order valence-electron chi connectivity index (χ3n) is 6.10. The van der Waals surface area contributed by atoms with Crippen molar-refractivity contribution in [3.8, 4) is 6.07 Å². The van der Waals surface area contributed by atoms with Crippen LogP contribution in [0, 0.1) is 11.3 Å². The van der Waals surface area contributed by atoms with E-state index in [0.717, 1.165) is 18.4 Å². The molecular weight excluding hydrogens is 350 g/mol. The molecule has 0 aromatic heterocycles. The van der Waals surface area contributed by atoms with Gasteiger partial charge in [-0.3, -0.25) is 0 Å². The molecule has 1 unspecified atom stereocenters. The second-order valence-corrected chi connectivity index (χ2v) is 8.20. The van der Waals surface area contributed by atoms with Gasteiger partial charge < -0.3 is 0 Å². The smallest absolute Gasteiger partial charge is 0.0991 e. The molecule has 0 aliphatic heterocycles. The Kier molecular flexibility index (Phi) is 8.32. The first kappa shape index (κ1) is 21.1. The Balaban J connectivity index is 1.44. The van der Waals surface area contributed by atoms with Crippen molar-refractivity contribution in [3.05, 3.63) is 94.6 Å². The molecule has 0 fully saturated rings. The zero-order valence-electron chi connectivity index (χ0n) is 17.7. The van der Waals surface area contributed by atoms with Crippen LogP contribution in [-0.4, -0.2) is 0 Å². The van der Waals surface area contributed by atoms with E-state index in [0.29, 0.717) is 5.92 Å². The van der Waals surface area contributed by atoms with E-state index in [1.54, 1.807) is 5.57 Å². The van der Waals surface area contributed by atoms with Crippen LogP contribution in [0.3, 0.4) is 0 Å². The number of hydrogen-bond donors (Lipinski definition) is 0. The van der Waals surface area contributed by atoms with Crippen LogP contribution in [0.25, 0.3) is 0 Å². The summed E-state index contributed by atoms with van der Waals surface area (Å²) in [7, 11) is 0. The summed E-state index contributed by atoms with van der Waals surface area (Å²) in [6.45, 7) is 2.10. The number of allylic oxidation sites excluding steroid dienone is 4. The van der Waals surface area contributed by atoms with Crippen molar-refractivity contribution in [1.82, 2.24) is 0 Å². The minimum absolute atomic E-state index is 0.689. The van der Waals surface area contributed by atoms with Crippen LogP contribution in [0.15, 0.2) is 72.3 Å². The van der Waals surface area contributed by atoms with Crippen LogP contribution in [0.2, 0.25) is 0 Å². The van der Waals surface area contributed by atoms with E-state index in [9.17, 15) is 0 Å². The Labute approximate surface area is 176 Å². The molecule has 0 amide bonds. The summed E-state index contributed by atoms with van der Waals surface area (Å²) < 4.78 is 0. The molecule has 29 heavy (non-hydrogen) atoms. The minimum Gasteiger partial charge on any atom is -0.192 e. The Morgan fingerprint density at radius 3 is 2.21 bits per heavy atom. The Morgan fingerprint density at radius 2 is 1.62 bits per heavy atom. The van der Waals surface area contributed by atoms with E-state index in [1.807, 2.05) is 12.1 Å². The molecule has 1 heteroatoms. The molecule has 0 radical (unpaired) electrons. The molecular formula is C28H33N. The summed E-state index contributed by atoms with van der Waals surface area (Å²) in [5.74, 6) is 0.689. The van der Waals surface area contributed by atoms with E-state index in [-0.39, 0.29) is 0 Å². The molecule has 1 nitrogen and oxygen atoms in total. The van der Waals surface area contributed by atoms with Crippen molar-refractivity contribution in [2.45, 2.75) is 70.6 Å². The van der Waals surface area contributed by atoms with Crippen LogP contribution < -0.4 is 0 Å². The maximum atomic E-state index is 8.90. The summed E-state index contributed by atoms with van der Waals surface area (Å²) in [6, 6.07) is 19.4. The maximum absolute atomic E-state index is 8.90. The van der Waals surface area contributed by atoms with Gasteiger partial charge in [-0.25, -0.2) is 0 Å². The summed E-state index contributed by atoms with van der Waals surface area (Å²) in [4.78, 5) is 0. The average molecular weight is 384 g/mol. The van der Waals surface area contributed by atoms with Crippen LogP contribution in [0.4, 0.5) is 0 Å². The van der Waals surface area contributed by atoms with E-state index in [4.69, 9.17) is 5.26 Å². The molecule has 1 atom stereocenters. The van der Waals surface area contributed by atoms with E-state index in [1.165, 1.54) is 61.6 Å². The lowest BCUT2D eigenvalue weighted by Crippen LogP contribution is -2.05. The Morgan fingerprint density at radius 1 is 0.931 bits per heavy atom. The SMILES string of the molecule is CC=CCCCCC1=CCC(c2ccc(CCc3ccc(C#N)cc3)cc2)CC1. The van der Waals surface area contributed by atoms with E-state index in [2.05, 4.69) is 67.6 Å². The first-order valence-electron chi connectivity index (χ1n) is 11.2. The summed E-state index contributed by atoms with van der Waals surface area (Å²) in [5, 5.41) is 8.90. The monoisotopic (exact) mass is 383 g/mol. The van der Waals surface area contributed by atoms with Gasteiger partial charge in [0.25, 0.3) is 0 Å². The molecule has 1 aliphatic carbocycles. The zero-order valence-corrected chi connectivity index (χ0v) is 17.7. The second kappa shape index (κ2) is 11.4. The summed E-state index contributed by atoms with van der Waals surface area (Å²) >= 11 is 0. The lowest BCUT2D eigenvalue weighted by molar-refractivity contribution is 0.576. The number of unbranched alkanes of at least 4 members (excludes halogenated alkanes) is 2. The number of nitrogens with zero attached hydrogens (tertiary/aromatic N) is 1. The number of rotatable bonds is 9. The van der Waals surface area contributed by atoms with Gasteiger partial charge in [0.05, 0.1) is 11.6 Å². The molecule has 1 aliphatic rings. The Hall–Kier alpha value is -2.59. The van der Waals surface area contributed by atoms with Crippen molar-refractivity contribution < 1.29 is 0 Å². The van der Waals surface area contributed by atoms with Gasteiger partial charge in [-0.2, -0.15) is 5.26 Å². The van der Waals surface area contributed by atoms with Crippen molar-refractivity contribution in [2.24, 2.45) is 0 Å². The lowest BCUT2D eigenvalue weighted by Gasteiger charge is -2.22. The van der Waals surface area contributed by atoms with Gasteiger partial charge in [-0.05, 0) is 99.5 Å². The fourth-order valence-corrected chi connectivity index (χ4v) is 4.19. The highest BCUT2D eigenvalue weighted by molar-refractivity contribution is 5.33. The largest absolute Gasteiger partial charge is 0.192 e. The number of aryl methyl sites for hydroxylation is 2. The van der Waals surface area contributed by atoms with Crippen LogP contribution >= 0.6 is 0 Å². The first-order valence-corrected chi connectivity index (χ1v) is 11.2. The average Bonchev–Trinajstić information content (AvgIpc) is 2.79. The molecule has 2 aromatic rings. The van der Waals surface area contributed by atoms with Gasteiger partial charge in [-0.15, -0.1) is 0 Å². The van der Waals surface area contributed by atoms with Gasteiger partial charge in [0.2, 0.25) is 0 Å². The third kappa shape index (κ3) is 6.75. The first-order chi connectivity index (χ1) is 14.3. The fraction of sp³-hybridized carbons (Fsp3) is 0.393. The van der Waals surface area contributed by atoms with Gasteiger partial charge in [0, 0.05) is 0 Å². The number of benzene rings is 2. The lowest BCUT2D eigenvalue weighted by atomic mass is 9.83. The normalized spacial score (nSPS) is 16.6. The quantitative estimate of drug-likeness (QED) is 0.322. The summed E-state index contributed by atoms with van der Waals surface area (Å²) in [5.41, 5.74) is 6.60. The molecule has 2 aromatic carbocycles. The van der Waals surface area contributed by atoms with Crippen molar-refractivity contribution in [3.63, 3.8) is 0 Å². The molecule has 0 saturated carbocycles. The van der Waals surface area contributed by atoms with Gasteiger partial charge in [0.15, 0.2) is 0 Å². The molecule has 0 heterocycles. The van der Waals surface area contributed by atoms with Crippen LogP contribution in [0.5, 0.6) is 0 Å². The standard InChI is InChI=1S/C28H33N/c1-2-3-4-5-6-7-23-14-18-27(19-15-23)28-20-16-25(17-21-28)9-8-24-10-12-26(22-29)13-11-24/h2-3,10-14,16-17,20-21,27H,4-9,15,18-19H2,1H3. The van der Waals surface area contributed by atoms with Gasteiger partial charge in [0.1, 0.15) is 0 Å². The second-order valence-electron chi connectivity index (χ2n) is 8.20. The number of nitriles is 1. The van der Waals surface area contributed by atoms with Crippen molar-refractivity contribution in [1.29, 1.82) is 5.26 Å². The predicted octanol–water partition coefficient (Wildman–Crippen LogP) is 7.67. The van der Waals surface area contributed by atoms with E-state index < -0.39 is 0 Å². The molecule has 0 bridgehead atoms. The summed E-state index contributed by atoms with van der Waals surface area (Å²) in [6.07, 6.45) is 18.0.